The Bertz CT molecular complexity index is 1350. The molecule has 2 aromatic carbocycles. The van der Waals surface area contributed by atoms with Crippen LogP contribution in [0.3, 0.4) is 0 Å². The topological polar surface area (TPSA) is 72.5 Å². The van der Waals surface area contributed by atoms with E-state index in [2.05, 4.69) is 46.2 Å². The maximum Gasteiger partial charge on any atom is 0.254 e. The number of likely N-dealkylation sites (N-methyl/N-ethyl adjacent to an activating group) is 1. The summed E-state index contributed by atoms with van der Waals surface area (Å²) >= 11 is 0. The lowest BCUT2D eigenvalue weighted by Gasteiger charge is -2.35. The summed E-state index contributed by atoms with van der Waals surface area (Å²) in [5.41, 5.74) is 8.71. The molecule has 0 bridgehead atoms. The van der Waals surface area contributed by atoms with Crippen LogP contribution in [0.25, 0.3) is 33.3 Å². The normalized spacial score (nSPS) is 16.6. The van der Waals surface area contributed by atoms with E-state index in [1.165, 1.54) is 16.7 Å². The molecule has 1 amide bonds. The van der Waals surface area contributed by atoms with Gasteiger partial charge in [0.05, 0.1) is 6.10 Å². The van der Waals surface area contributed by atoms with Gasteiger partial charge in [-0.25, -0.2) is 4.98 Å². The van der Waals surface area contributed by atoms with E-state index >= 15 is 0 Å². The van der Waals surface area contributed by atoms with Crippen LogP contribution in [0.5, 0.6) is 0 Å². The average Bonchev–Trinajstić information content (AvgIpc) is 3.24. The molecule has 0 unspecified atom stereocenters. The number of hydrogen-bond acceptors (Lipinski definition) is 4. The van der Waals surface area contributed by atoms with Crippen molar-refractivity contribution in [3.05, 3.63) is 77.6 Å². The van der Waals surface area contributed by atoms with Crippen LogP contribution in [0.1, 0.15) is 21.5 Å². The number of H-pyrrole nitrogens is 1. The lowest BCUT2D eigenvalue weighted by Crippen LogP contribution is -2.53. The fourth-order valence-electron chi connectivity index (χ4n) is 4.87. The monoisotopic (exact) mass is 438 g/mol. The summed E-state index contributed by atoms with van der Waals surface area (Å²) in [6.45, 7) is 2.92. The Kier molecular flexibility index (Phi) is 4.78. The minimum atomic E-state index is -0.392. The summed E-state index contributed by atoms with van der Waals surface area (Å²) in [6.07, 6.45) is 4.62. The summed E-state index contributed by atoms with van der Waals surface area (Å²) in [7, 11) is 2.17. The number of β-amino-alcohol motifs (C(OH)–C–C–N with tert-alkyl or cyclic N) is 1. The van der Waals surface area contributed by atoms with Gasteiger partial charge in [0.25, 0.3) is 5.91 Å². The molecule has 6 rings (SSSR count). The number of benzene rings is 2. The first-order chi connectivity index (χ1) is 16.0. The Morgan fingerprint density at radius 2 is 1.82 bits per heavy atom. The largest absolute Gasteiger partial charge is 0.389 e. The summed E-state index contributed by atoms with van der Waals surface area (Å²) in [5.74, 6) is -0.0345. The van der Waals surface area contributed by atoms with Crippen LogP contribution < -0.4 is 0 Å². The van der Waals surface area contributed by atoms with Crippen molar-refractivity contribution < 1.29 is 9.90 Å². The number of nitrogens with one attached hydrogen (secondary N) is 1. The predicted octanol–water partition coefficient (Wildman–Crippen LogP) is 3.70. The van der Waals surface area contributed by atoms with Gasteiger partial charge in [0, 0.05) is 60.6 Å². The van der Waals surface area contributed by atoms with Gasteiger partial charge < -0.3 is 19.9 Å². The maximum atomic E-state index is 12.5. The molecule has 1 saturated heterocycles. The third kappa shape index (κ3) is 3.61. The van der Waals surface area contributed by atoms with Gasteiger partial charge in [-0.2, -0.15) is 0 Å². The minimum Gasteiger partial charge on any atom is -0.389 e. The fourth-order valence-corrected chi connectivity index (χ4v) is 4.87. The molecular weight excluding hydrogens is 412 g/mol. The zero-order valence-corrected chi connectivity index (χ0v) is 18.6. The molecule has 4 heterocycles. The molecule has 4 aromatic rings. The number of carbonyl (C=O) groups excluding carboxylic acids is 1. The average molecular weight is 439 g/mol. The van der Waals surface area contributed by atoms with E-state index in [9.17, 15) is 9.90 Å². The van der Waals surface area contributed by atoms with Crippen LogP contribution in [0.2, 0.25) is 0 Å². The zero-order valence-electron chi connectivity index (χ0n) is 18.6. The Hall–Kier alpha value is -3.48. The van der Waals surface area contributed by atoms with Crippen molar-refractivity contribution in [2.24, 2.45) is 0 Å². The van der Waals surface area contributed by atoms with E-state index in [4.69, 9.17) is 0 Å². The Morgan fingerprint density at radius 1 is 1.03 bits per heavy atom. The van der Waals surface area contributed by atoms with Crippen LogP contribution in [0.4, 0.5) is 0 Å². The molecule has 0 saturated carbocycles. The standard InChI is InChI=1S/C27H26N4O2/c1-30-9-8-17-2-7-20(10-22(17)14-30)21-11-24-25(13-29-26(24)28-12-21)18-3-5-19(6-4-18)27(33)31-15-23(32)16-31/h2-7,10-13,23,32H,8-9,14-16H2,1H3,(H,28,29). The minimum absolute atomic E-state index is 0.0345. The number of aromatic amines is 1. The highest BCUT2D eigenvalue weighted by atomic mass is 16.3. The van der Waals surface area contributed by atoms with Crippen molar-refractivity contribution in [1.29, 1.82) is 0 Å². The quantitative estimate of drug-likeness (QED) is 0.512. The number of pyridine rings is 1. The second kappa shape index (κ2) is 7.83. The molecule has 33 heavy (non-hydrogen) atoms. The predicted molar refractivity (Wildman–Crippen MR) is 129 cm³/mol. The first-order valence-corrected chi connectivity index (χ1v) is 11.4. The third-order valence-corrected chi connectivity index (χ3v) is 6.87. The molecule has 166 valence electrons. The molecule has 2 aliphatic heterocycles. The highest BCUT2D eigenvalue weighted by Gasteiger charge is 2.29. The van der Waals surface area contributed by atoms with E-state index in [0.29, 0.717) is 18.7 Å². The zero-order chi connectivity index (χ0) is 22.5. The second-order valence-electron chi connectivity index (χ2n) is 9.24. The van der Waals surface area contributed by atoms with E-state index < -0.39 is 6.10 Å². The third-order valence-electron chi connectivity index (χ3n) is 6.87. The number of hydrogen-bond donors (Lipinski definition) is 2. The molecular formula is C27H26N4O2. The van der Waals surface area contributed by atoms with Crippen LogP contribution >= 0.6 is 0 Å². The lowest BCUT2D eigenvalue weighted by molar-refractivity contribution is 0.00590. The second-order valence-corrected chi connectivity index (χ2v) is 9.24. The molecule has 6 heteroatoms. The maximum absolute atomic E-state index is 12.5. The van der Waals surface area contributed by atoms with Crippen LogP contribution in [-0.2, 0) is 13.0 Å². The number of fused-ring (bicyclic) bond motifs is 2. The highest BCUT2D eigenvalue weighted by Crippen LogP contribution is 2.32. The lowest BCUT2D eigenvalue weighted by atomic mass is 9.95. The number of carbonyl (C=O) groups is 1. The SMILES string of the molecule is CN1CCc2ccc(-c3cnc4[nH]cc(-c5ccc(C(=O)N6CC(O)C6)cc5)c4c3)cc2C1. The van der Waals surface area contributed by atoms with Gasteiger partial charge >= 0.3 is 0 Å². The van der Waals surface area contributed by atoms with Crippen LogP contribution in [0, 0.1) is 0 Å². The summed E-state index contributed by atoms with van der Waals surface area (Å²) in [4.78, 5) is 24.5. The summed E-state index contributed by atoms with van der Waals surface area (Å²) in [5, 5.41) is 10.5. The van der Waals surface area contributed by atoms with Crippen molar-refractivity contribution in [1.82, 2.24) is 19.8 Å². The first kappa shape index (κ1) is 20.1. The number of rotatable bonds is 3. The fraction of sp³-hybridized carbons (Fsp3) is 0.259. The van der Waals surface area contributed by atoms with Gasteiger partial charge in [0.15, 0.2) is 0 Å². The smallest absolute Gasteiger partial charge is 0.254 e. The number of aliphatic hydroxyl groups is 1. The summed E-state index contributed by atoms with van der Waals surface area (Å²) in [6, 6.07) is 16.6. The molecule has 0 atom stereocenters. The van der Waals surface area contributed by atoms with Crippen molar-refractivity contribution in [3.8, 4) is 22.3 Å². The number of likely N-dealkylation sites (tertiary alicyclic amines) is 1. The molecule has 2 aromatic heterocycles. The van der Waals surface area contributed by atoms with Crippen molar-refractivity contribution in [3.63, 3.8) is 0 Å². The Morgan fingerprint density at radius 3 is 2.61 bits per heavy atom. The molecule has 2 N–H and O–H groups in total. The molecule has 1 fully saturated rings. The van der Waals surface area contributed by atoms with Crippen molar-refractivity contribution in [2.45, 2.75) is 19.1 Å². The van der Waals surface area contributed by atoms with Gasteiger partial charge in [0.1, 0.15) is 5.65 Å². The van der Waals surface area contributed by atoms with Gasteiger partial charge in [-0.3, -0.25) is 4.79 Å². The van der Waals surface area contributed by atoms with Crippen LogP contribution in [0.15, 0.2) is 60.9 Å². The molecule has 2 aliphatic rings. The van der Waals surface area contributed by atoms with Gasteiger partial charge in [-0.15, -0.1) is 0 Å². The van der Waals surface area contributed by atoms with Crippen molar-refractivity contribution >= 4 is 16.9 Å². The number of aliphatic hydroxyl groups excluding tert-OH is 1. The van der Waals surface area contributed by atoms with E-state index in [-0.39, 0.29) is 5.91 Å². The summed E-state index contributed by atoms with van der Waals surface area (Å²) < 4.78 is 0. The Balaban J connectivity index is 1.32. The first-order valence-electron chi connectivity index (χ1n) is 11.4. The van der Waals surface area contributed by atoms with Gasteiger partial charge in [-0.05, 0) is 60.0 Å². The van der Waals surface area contributed by atoms with Crippen molar-refractivity contribution in [2.75, 3.05) is 26.7 Å². The molecule has 0 aliphatic carbocycles. The van der Waals surface area contributed by atoms with E-state index in [0.717, 1.165) is 47.2 Å². The molecule has 0 spiro atoms. The Labute approximate surface area is 192 Å². The molecule has 0 radical (unpaired) electrons. The van der Waals surface area contributed by atoms with Gasteiger partial charge in [0.2, 0.25) is 0 Å². The van der Waals surface area contributed by atoms with E-state index in [1.54, 1.807) is 4.90 Å². The van der Waals surface area contributed by atoms with Gasteiger partial charge in [-0.1, -0.05) is 24.3 Å². The van der Waals surface area contributed by atoms with Crippen LogP contribution in [-0.4, -0.2) is 63.6 Å². The number of nitrogens with zero attached hydrogens (tertiary/aromatic N) is 3. The number of amides is 1. The highest BCUT2D eigenvalue weighted by molar-refractivity contribution is 5.98. The molecule has 6 nitrogen and oxygen atoms in total. The van der Waals surface area contributed by atoms with E-state index in [1.807, 2.05) is 36.7 Å². The number of aromatic nitrogens is 2.